The summed E-state index contributed by atoms with van der Waals surface area (Å²) >= 11 is 3.32. The van der Waals surface area contributed by atoms with E-state index in [4.69, 9.17) is 0 Å². The Labute approximate surface area is 170 Å². The fourth-order valence-corrected chi connectivity index (χ4v) is 3.17. The molecular weight excluding hydrogens is 431 g/mol. The molecule has 0 aromatic heterocycles. The van der Waals surface area contributed by atoms with Crippen LogP contribution in [0.2, 0.25) is 0 Å². The van der Waals surface area contributed by atoms with Crippen molar-refractivity contribution in [3.8, 4) is 0 Å². The van der Waals surface area contributed by atoms with Crippen molar-refractivity contribution in [3.63, 3.8) is 0 Å². The van der Waals surface area contributed by atoms with E-state index in [1.165, 1.54) is 25.1 Å². The maximum atomic E-state index is 13.4. The number of benzene rings is 2. The largest absolute Gasteiger partial charge is 0.480 e. The van der Waals surface area contributed by atoms with Gasteiger partial charge in [-0.3, -0.25) is 9.59 Å². The first-order valence-corrected chi connectivity index (χ1v) is 9.33. The Hall–Kier alpha value is -2.74. The molecule has 28 heavy (non-hydrogen) atoms. The Morgan fingerprint density at radius 1 is 1.00 bits per heavy atom. The van der Waals surface area contributed by atoms with Gasteiger partial charge in [0.25, 0.3) is 0 Å². The van der Waals surface area contributed by atoms with Gasteiger partial charge in [0, 0.05) is 24.2 Å². The summed E-state index contributed by atoms with van der Waals surface area (Å²) in [5, 5.41) is 14.4. The molecule has 148 valence electrons. The molecule has 0 fully saturated rings. The van der Waals surface area contributed by atoms with Crippen LogP contribution in [0.1, 0.15) is 18.1 Å². The highest BCUT2D eigenvalue weighted by Crippen LogP contribution is 2.14. The number of carboxylic acid groups (broad SMARTS) is 1. The molecule has 0 radical (unpaired) electrons. The Bertz CT molecular complexity index is 875. The van der Waals surface area contributed by atoms with Crippen molar-refractivity contribution in [3.05, 3.63) is 69.9 Å². The fourth-order valence-electron chi connectivity index (χ4n) is 2.73. The standard InChI is InChI=1S/C20H20BrFN2O4/c1-12(25)23-17(10-14-5-3-7-16(22)9-14)19(26)24-18(20(27)28)11-13-4-2-6-15(21)8-13/h2-9,17-18H,10-11H2,1H3,(H,23,25)(H,24,26)(H,27,28)/t17-,18+/m0/s1. The van der Waals surface area contributed by atoms with Crippen LogP contribution in [0.5, 0.6) is 0 Å². The maximum Gasteiger partial charge on any atom is 0.326 e. The van der Waals surface area contributed by atoms with Crippen LogP contribution in [0.3, 0.4) is 0 Å². The number of carbonyl (C=O) groups excluding carboxylic acids is 2. The van der Waals surface area contributed by atoms with Gasteiger partial charge in [-0.15, -0.1) is 0 Å². The zero-order valence-corrected chi connectivity index (χ0v) is 16.7. The van der Waals surface area contributed by atoms with Gasteiger partial charge >= 0.3 is 5.97 Å². The highest BCUT2D eigenvalue weighted by molar-refractivity contribution is 9.10. The minimum atomic E-state index is -1.19. The van der Waals surface area contributed by atoms with Gasteiger partial charge in [0.15, 0.2) is 0 Å². The van der Waals surface area contributed by atoms with Crippen molar-refractivity contribution in [1.29, 1.82) is 0 Å². The Morgan fingerprint density at radius 3 is 2.18 bits per heavy atom. The fraction of sp³-hybridized carbons (Fsp3) is 0.250. The molecule has 0 aliphatic rings. The number of carboxylic acids is 1. The summed E-state index contributed by atoms with van der Waals surface area (Å²) in [6, 6.07) is 10.6. The monoisotopic (exact) mass is 450 g/mol. The van der Waals surface area contributed by atoms with E-state index in [9.17, 15) is 23.9 Å². The summed E-state index contributed by atoms with van der Waals surface area (Å²) in [5.74, 6) is -2.75. The van der Waals surface area contributed by atoms with Gasteiger partial charge in [-0.25, -0.2) is 9.18 Å². The average Bonchev–Trinajstić information content (AvgIpc) is 2.60. The van der Waals surface area contributed by atoms with Crippen LogP contribution in [-0.4, -0.2) is 35.0 Å². The van der Waals surface area contributed by atoms with Crippen molar-refractivity contribution in [2.45, 2.75) is 31.8 Å². The molecule has 0 unspecified atom stereocenters. The molecule has 2 aromatic rings. The lowest BCUT2D eigenvalue weighted by molar-refractivity contribution is -0.142. The summed E-state index contributed by atoms with van der Waals surface area (Å²) in [4.78, 5) is 35.7. The second-order valence-electron chi connectivity index (χ2n) is 6.32. The zero-order valence-electron chi connectivity index (χ0n) is 15.1. The van der Waals surface area contributed by atoms with Crippen molar-refractivity contribution in [2.75, 3.05) is 0 Å². The van der Waals surface area contributed by atoms with Crippen molar-refractivity contribution < 1.29 is 23.9 Å². The molecule has 0 saturated carbocycles. The van der Waals surface area contributed by atoms with Crippen LogP contribution in [-0.2, 0) is 27.2 Å². The lowest BCUT2D eigenvalue weighted by Gasteiger charge is -2.21. The van der Waals surface area contributed by atoms with Gasteiger partial charge in [0.05, 0.1) is 0 Å². The third-order valence-corrected chi connectivity index (χ3v) is 4.46. The van der Waals surface area contributed by atoms with Crippen molar-refractivity contribution >= 4 is 33.7 Å². The number of aliphatic carboxylic acids is 1. The molecule has 0 aliphatic heterocycles. The van der Waals surface area contributed by atoms with Crippen LogP contribution in [0, 0.1) is 5.82 Å². The molecule has 2 atom stereocenters. The summed E-state index contributed by atoms with van der Waals surface area (Å²) in [6.07, 6.45) is 0.111. The normalized spacial score (nSPS) is 12.7. The van der Waals surface area contributed by atoms with Crippen LogP contribution in [0.15, 0.2) is 53.0 Å². The molecule has 0 heterocycles. The number of halogens is 2. The molecule has 2 amide bonds. The van der Waals surface area contributed by atoms with Crippen LogP contribution in [0.4, 0.5) is 4.39 Å². The van der Waals surface area contributed by atoms with Crippen LogP contribution in [0.25, 0.3) is 0 Å². The third-order valence-electron chi connectivity index (χ3n) is 3.97. The minimum Gasteiger partial charge on any atom is -0.480 e. The number of carbonyl (C=O) groups is 3. The van der Waals surface area contributed by atoms with Gasteiger partial charge in [0.2, 0.25) is 11.8 Å². The quantitative estimate of drug-likeness (QED) is 0.575. The van der Waals surface area contributed by atoms with E-state index in [2.05, 4.69) is 26.6 Å². The highest BCUT2D eigenvalue weighted by atomic mass is 79.9. The molecule has 2 rings (SSSR count). The predicted molar refractivity (Wildman–Crippen MR) is 105 cm³/mol. The van der Waals surface area contributed by atoms with E-state index < -0.39 is 35.7 Å². The number of amides is 2. The zero-order chi connectivity index (χ0) is 20.7. The summed E-state index contributed by atoms with van der Waals surface area (Å²) in [7, 11) is 0. The molecule has 3 N–H and O–H groups in total. The van der Waals surface area contributed by atoms with E-state index in [1.807, 2.05) is 6.07 Å². The summed E-state index contributed by atoms with van der Waals surface area (Å²) in [6.45, 7) is 1.25. The van der Waals surface area contributed by atoms with Gasteiger partial charge < -0.3 is 15.7 Å². The number of rotatable bonds is 8. The van der Waals surface area contributed by atoms with Gasteiger partial charge in [-0.1, -0.05) is 40.2 Å². The summed E-state index contributed by atoms with van der Waals surface area (Å²) < 4.78 is 14.2. The van der Waals surface area contributed by atoms with E-state index in [0.29, 0.717) is 5.56 Å². The lowest BCUT2D eigenvalue weighted by Crippen LogP contribution is -2.52. The smallest absolute Gasteiger partial charge is 0.326 e. The third kappa shape index (κ3) is 6.77. The second-order valence-corrected chi connectivity index (χ2v) is 7.24. The van der Waals surface area contributed by atoms with Gasteiger partial charge in [-0.2, -0.15) is 0 Å². The molecule has 0 spiro atoms. The Morgan fingerprint density at radius 2 is 1.61 bits per heavy atom. The van der Waals surface area contributed by atoms with Crippen LogP contribution < -0.4 is 10.6 Å². The van der Waals surface area contributed by atoms with E-state index in [1.54, 1.807) is 24.3 Å². The molecular formula is C20H20BrFN2O4. The van der Waals surface area contributed by atoms with Gasteiger partial charge in [-0.05, 0) is 35.4 Å². The molecule has 8 heteroatoms. The molecule has 0 saturated heterocycles. The highest BCUT2D eigenvalue weighted by Gasteiger charge is 2.26. The van der Waals surface area contributed by atoms with E-state index in [-0.39, 0.29) is 12.8 Å². The first kappa shape index (κ1) is 21.6. The van der Waals surface area contributed by atoms with Crippen LogP contribution >= 0.6 is 15.9 Å². The van der Waals surface area contributed by atoms with Crippen molar-refractivity contribution in [2.24, 2.45) is 0 Å². The first-order chi connectivity index (χ1) is 13.2. The first-order valence-electron chi connectivity index (χ1n) is 8.53. The Balaban J connectivity index is 2.14. The number of hydrogen-bond donors (Lipinski definition) is 3. The lowest BCUT2D eigenvalue weighted by atomic mass is 10.0. The number of hydrogen-bond acceptors (Lipinski definition) is 3. The number of nitrogens with one attached hydrogen (secondary N) is 2. The SMILES string of the molecule is CC(=O)N[C@@H](Cc1cccc(F)c1)C(=O)N[C@H](Cc1cccc(Br)c1)C(=O)O. The second kappa shape index (κ2) is 9.98. The molecule has 2 aromatic carbocycles. The van der Waals surface area contributed by atoms with Crippen molar-refractivity contribution in [1.82, 2.24) is 10.6 Å². The van der Waals surface area contributed by atoms with E-state index >= 15 is 0 Å². The maximum absolute atomic E-state index is 13.4. The molecule has 0 aliphatic carbocycles. The predicted octanol–water partition coefficient (Wildman–Crippen LogP) is 2.45. The molecule has 0 bridgehead atoms. The molecule has 6 nitrogen and oxygen atoms in total. The van der Waals surface area contributed by atoms with Gasteiger partial charge in [0.1, 0.15) is 17.9 Å². The average molecular weight is 451 g/mol. The topological polar surface area (TPSA) is 95.5 Å². The van der Waals surface area contributed by atoms with E-state index in [0.717, 1.165) is 10.0 Å². The Kier molecular flexibility index (Phi) is 7.69. The summed E-state index contributed by atoms with van der Waals surface area (Å²) in [5.41, 5.74) is 1.23. The minimum absolute atomic E-state index is 0.0341.